The molecule has 148 valence electrons. The Morgan fingerprint density at radius 3 is 2.50 bits per heavy atom. The predicted octanol–water partition coefficient (Wildman–Crippen LogP) is 4.00. The van der Waals surface area contributed by atoms with Gasteiger partial charge in [0, 0.05) is 42.8 Å². The van der Waals surface area contributed by atoms with Gasteiger partial charge in [0.25, 0.3) is 11.6 Å². The second-order valence-corrected chi connectivity index (χ2v) is 7.30. The minimum Gasteiger partial charge on any atom is -0.491 e. The lowest BCUT2D eigenvalue weighted by Gasteiger charge is -2.35. The van der Waals surface area contributed by atoms with E-state index < -0.39 is 4.92 Å². The number of amides is 1. The van der Waals surface area contributed by atoms with Gasteiger partial charge in [0.1, 0.15) is 11.4 Å². The average Bonchev–Trinajstić information content (AvgIpc) is 2.67. The first-order chi connectivity index (χ1) is 13.3. The minimum absolute atomic E-state index is 0.0224. The smallest absolute Gasteiger partial charge is 0.294 e. The van der Waals surface area contributed by atoms with Crippen LogP contribution in [0.15, 0.2) is 42.5 Å². The van der Waals surface area contributed by atoms with Crippen LogP contribution in [0, 0.1) is 10.1 Å². The van der Waals surface area contributed by atoms with Gasteiger partial charge in [0.2, 0.25) is 0 Å². The van der Waals surface area contributed by atoms with E-state index >= 15 is 0 Å². The normalized spacial score (nSPS) is 14.3. The van der Waals surface area contributed by atoms with Crippen molar-refractivity contribution in [2.75, 3.05) is 31.1 Å². The Kier molecular flexibility index (Phi) is 6.04. The molecule has 2 aromatic carbocycles. The molecule has 3 rings (SSSR count). The molecule has 1 aliphatic rings. The van der Waals surface area contributed by atoms with Gasteiger partial charge in [0.05, 0.1) is 11.0 Å². The van der Waals surface area contributed by atoms with Gasteiger partial charge in [0.15, 0.2) is 0 Å². The molecule has 1 heterocycles. The molecule has 28 heavy (non-hydrogen) atoms. The monoisotopic (exact) mass is 403 g/mol. The molecule has 0 spiro atoms. The molecule has 0 unspecified atom stereocenters. The molecule has 0 atom stereocenters. The lowest BCUT2D eigenvalue weighted by molar-refractivity contribution is -0.384. The molecule has 0 radical (unpaired) electrons. The van der Waals surface area contributed by atoms with E-state index in [1.165, 1.54) is 6.07 Å². The number of ether oxygens (including phenoxy) is 1. The third-order valence-corrected chi connectivity index (χ3v) is 4.73. The molecule has 7 nitrogen and oxygen atoms in total. The van der Waals surface area contributed by atoms with Crippen molar-refractivity contribution in [2.45, 2.75) is 20.0 Å². The number of rotatable bonds is 5. The highest BCUT2D eigenvalue weighted by Gasteiger charge is 2.26. The Morgan fingerprint density at radius 2 is 1.86 bits per heavy atom. The fourth-order valence-electron chi connectivity index (χ4n) is 3.22. The van der Waals surface area contributed by atoms with Crippen molar-refractivity contribution in [2.24, 2.45) is 0 Å². The van der Waals surface area contributed by atoms with Gasteiger partial charge >= 0.3 is 0 Å². The zero-order chi connectivity index (χ0) is 20.3. The van der Waals surface area contributed by atoms with Crippen molar-refractivity contribution < 1.29 is 14.5 Å². The van der Waals surface area contributed by atoms with E-state index in [0.717, 1.165) is 0 Å². The number of carbonyl (C=O) groups excluding carboxylic acids is 1. The van der Waals surface area contributed by atoms with Crippen LogP contribution in [0.4, 0.5) is 11.4 Å². The lowest BCUT2D eigenvalue weighted by atomic mass is 10.1. The van der Waals surface area contributed by atoms with Crippen molar-refractivity contribution in [1.29, 1.82) is 0 Å². The number of halogens is 1. The number of benzene rings is 2. The van der Waals surface area contributed by atoms with Crippen LogP contribution in [0.3, 0.4) is 0 Å². The van der Waals surface area contributed by atoms with E-state index in [1.807, 2.05) is 24.8 Å². The molecule has 1 amide bonds. The van der Waals surface area contributed by atoms with Gasteiger partial charge in [-0.05, 0) is 44.2 Å². The van der Waals surface area contributed by atoms with Crippen LogP contribution in [0.5, 0.6) is 5.75 Å². The van der Waals surface area contributed by atoms with E-state index in [1.54, 1.807) is 35.2 Å². The van der Waals surface area contributed by atoms with Crippen LogP contribution >= 0.6 is 11.6 Å². The molecule has 8 heteroatoms. The molecule has 0 aromatic heterocycles. The van der Waals surface area contributed by atoms with Crippen LogP contribution in [0.1, 0.15) is 24.2 Å². The van der Waals surface area contributed by atoms with E-state index in [0.29, 0.717) is 48.2 Å². The highest BCUT2D eigenvalue weighted by Crippen LogP contribution is 2.31. The van der Waals surface area contributed by atoms with Gasteiger partial charge in [-0.3, -0.25) is 14.9 Å². The number of anilines is 1. The zero-order valence-electron chi connectivity index (χ0n) is 15.8. The second kappa shape index (κ2) is 8.48. The summed E-state index contributed by atoms with van der Waals surface area (Å²) in [5, 5.41) is 11.7. The third kappa shape index (κ3) is 4.54. The lowest BCUT2D eigenvalue weighted by Crippen LogP contribution is -2.49. The minimum atomic E-state index is -0.432. The largest absolute Gasteiger partial charge is 0.491 e. The van der Waals surface area contributed by atoms with Gasteiger partial charge in [-0.1, -0.05) is 17.7 Å². The predicted molar refractivity (Wildman–Crippen MR) is 108 cm³/mol. The van der Waals surface area contributed by atoms with Crippen molar-refractivity contribution in [1.82, 2.24) is 4.90 Å². The maximum Gasteiger partial charge on any atom is 0.294 e. The first kappa shape index (κ1) is 19.9. The highest BCUT2D eigenvalue weighted by atomic mass is 35.5. The SMILES string of the molecule is CC(C)Oc1cccc(C(=O)N2CCN(c3ccc(Cl)cc3[N+](=O)[O-])CC2)c1. The molecular formula is C20H22ClN3O4. The molecule has 2 aromatic rings. The summed E-state index contributed by atoms with van der Waals surface area (Å²) >= 11 is 5.89. The summed E-state index contributed by atoms with van der Waals surface area (Å²) in [4.78, 5) is 27.4. The molecule has 1 aliphatic heterocycles. The summed E-state index contributed by atoms with van der Waals surface area (Å²) in [5.74, 6) is 0.593. The van der Waals surface area contributed by atoms with Crippen molar-refractivity contribution in [3.8, 4) is 5.75 Å². The van der Waals surface area contributed by atoms with Crippen LogP contribution in [0.2, 0.25) is 5.02 Å². The summed E-state index contributed by atoms with van der Waals surface area (Å²) in [7, 11) is 0. The third-order valence-electron chi connectivity index (χ3n) is 4.49. The molecule has 0 saturated carbocycles. The van der Waals surface area contributed by atoms with E-state index in [9.17, 15) is 14.9 Å². The number of piperazine rings is 1. The van der Waals surface area contributed by atoms with E-state index in [2.05, 4.69) is 0 Å². The van der Waals surface area contributed by atoms with Crippen molar-refractivity contribution in [3.63, 3.8) is 0 Å². The molecule has 0 bridgehead atoms. The molecule has 0 aliphatic carbocycles. The number of nitrogens with zero attached hydrogens (tertiary/aromatic N) is 3. The Balaban J connectivity index is 1.69. The summed E-state index contributed by atoms with van der Waals surface area (Å²) < 4.78 is 5.66. The molecular weight excluding hydrogens is 382 g/mol. The maximum atomic E-state index is 12.8. The Bertz CT molecular complexity index is 880. The van der Waals surface area contributed by atoms with Gasteiger partial charge in [-0.25, -0.2) is 0 Å². The summed E-state index contributed by atoms with van der Waals surface area (Å²) in [6.45, 7) is 5.85. The number of hydrogen-bond acceptors (Lipinski definition) is 5. The van der Waals surface area contributed by atoms with Crippen LogP contribution in [-0.2, 0) is 0 Å². The van der Waals surface area contributed by atoms with E-state index in [-0.39, 0.29) is 17.7 Å². The van der Waals surface area contributed by atoms with Crippen molar-refractivity contribution >= 4 is 28.9 Å². The fourth-order valence-corrected chi connectivity index (χ4v) is 3.38. The van der Waals surface area contributed by atoms with Gasteiger partial charge in [-0.2, -0.15) is 0 Å². The summed E-state index contributed by atoms with van der Waals surface area (Å²) in [6, 6.07) is 11.8. The Hall–Kier alpha value is -2.80. The average molecular weight is 404 g/mol. The first-order valence-corrected chi connectivity index (χ1v) is 9.48. The first-order valence-electron chi connectivity index (χ1n) is 9.10. The van der Waals surface area contributed by atoms with Crippen LogP contribution < -0.4 is 9.64 Å². The second-order valence-electron chi connectivity index (χ2n) is 6.86. The standard InChI is InChI=1S/C20H22ClN3O4/c1-14(2)28-17-5-3-4-15(12-17)20(25)23-10-8-22(9-11-23)18-7-6-16(21)13-19(18)24(26)27/h3-7,12-14H,8-11H2,1-2H3. The highest BCUT2D eigenvalue weighted by molar-refractivity contribution is 6.30. The Labute approximate surface area is 168 Å². The fraction of sp³-hybridized carbons (Fsp3) is 0.350. The summed E-state index contributed by atoms with van der Waals surface area (Å²) in [5.41, 5.74) is 1.07. The van der Waals surface area contributed by atoms with Gasteiger partial charge in [-0.15, -0.1) is 0 Å². The quantitative estimate of drug-likeness (QED) is 0.557. The van der Waals surface area contributed by atoms with Crippen LogP contribution in [0.25, 0.3) is 0 Å². The topological polar surface area (TPSA) is 75.9 Å². The summed E-state index contributed by atoms with van der Waals surface area (Å²) in [6.07, 6.45) is 0.0315. The molecule has 0 N–H and O–H groups in total. The number of carbonyl (C=O) groups is 1. The van der Waals surface area contributed by atoms with Crippen molar-refractivity contribution in [3.05, 3.63) is 63.2 Å². The number of hydrogen-bond donors (Lipinski definition) is 0. The van der Waals surface area contributed by atoms with Crippen LogP contribution in [-0.4, -0.2) is 48.0 Å². The zero-order valence-corrected chi connectivity index (χ0v) is 16.6. The molecule has 1 fully saturated rings. The maximum absolute atomic E-state index is 12.8. The van der Waals surface area contributed by atoms with Gasteiger partial charge < -0.3 is 14.5 Å². The number of nitro benzene ring substituents is 1. The Morgan fingerprint density at radius 1 is 1.14 bits per heavy atom. The number of nitro groups is 1. The van der Waals surface area contributed by atoms with E-state index in [4.69, 9.17) is 16.3 Å². The molecule has 1 saturated heterocycles.